The van der Waals surface area contributed by atoms with Crippen LogP contribution >= 0.6 is 27.5 Å². The van der Waals surface area contributed by atoms with E-state index in [1.165, 1.54) is 0 Å². The predicted molar refractivity (Wildman–Crippen MR) is 76.2 cm³/mol. The Morgan fingerprint density at radius 1 is 1.12 bits per heavy atom. The Hall–Kier alpha value is -0.830. The highest BCUT2D eigenvalue weighted by molar-refractivity contribution is 9.10. The normalized spacial score (nSPS) is 12.4. The van der Waals surface area contributed by atoms with Gasteiger partial charge in [-0.1, -0.05) is 57.9 Å². The average Bonchev–Trinajstić information content (AvgIpc) is 2.32. The van der Waals surface area contributed by atoms with Crippen molar-refractivity contribution in [2.24, 2.45) is 5.73 Å². The molecule has 2 aromatic carbocycles. The molecule has 0 aliphatic carbocycles. The quantitative estimate of drug-likeness (QED) is 0.896. The highest BCUT2D eigenvalue weighted by atomic mass is 79.9. The summed E-state index contributed by atoms with van der Waals surface area (Å²) in [6.45, 7) is 0. The van der Waals surface area contributed by atoms with E-state index in [9.17, 15) is 0 Å². The molecule has 0 fully saturated rings. The van der Waals surface area contributed by atoms with Crippen molar-refractivity contribution in [1.82, 2.24) is 0 Å². The SMILES string of the molecule is NC(Cc1ccccc1Cl)c1cccc(Br)c1. The Labute approximate surface area is 115 Å². The van der Waals surface area contributed by atoms with Crippen molar-refractivity contribution in [3.05, 3.63) is 69.2 Å². The molecule has 1 unspecified atom stereocenters. The van der Waals surface area contributed by atoms with Crippen molar-refractivity contribution in [2.45, 2.75) is 12.5 Å². The molecule has 3 heteroatoms. The molecule has 17 heavy (non-hydrogen) atoms. The molecular formula is C14H13BrClN. The summed E-state index contributed by atoms with van der Waals surface area (Å²) in [7, 11) is 0. The number of halogens is 2. The largest absolute Gasteiger partial charge is 0.324 e. The molecular weight excluding hydrogens is 298 g/mol. The first-order valence-corrected chi connectivity index (χ1v) is 6.58. The number of hydrogen-bond donors (Lipinski definition) is 1. The molecule has 0 saturated carbocycles. The van der Waals surface area contributed by atoms with Crippen molar-refractivity contribution in [1.29, 1.82) is 0 Å². The van der Waals surface area contributed by atoms with Crippen LogP contribution in [0.5, 0.6) is 0 Å². The molecule has 0 spiro atoms. The van der Waals surface area contributed by atoms with Crippen LogP contribution in [0.1, 0.15) is 17.2 Å². The van der Waals surface area contributed by atoms with E-state index in [4.69, 9.17) is 17.3 Å². The molecule has 0 aromatic heterocycles. The van der Waals surface area contributed by atoms with Gasteiger partial charge in [0.25, 0.3) is 0 Å². The van der Waals surface area contributed by atoms with Gasteiger partial charge in [0.15, 0.2) is 0 Å². The second-order valence-electron chi connectivity index (χ2n) is 3.96. The molecule has 88 valence electrons. The van der Waals surface area contributed by atoms with Gasteiger partial charge < -0.3 is 5.73 Å². The summed E-state index contributed by atoms with van der Waals surface area (Å²) in [6, 6.07) is 15.8. The minimum Gasteiger partial charge on any atom is -0.324 e. The number of rotatable bonds is 3. The fraction of sp³-hybridized carbons (Fsp3) is 0.143. The van der Waals surface area contributed by atoms with E-state index in [2.05, 4.69) is 15.9 Å². The Balaban J connectivity index is 2.17. The van der Waals surface area contributed by atoms with Crippen molar-refractivity contribution in [3.8, 4) is 0 Å². The van der Waals surface area contributed by atoms with Crippen LogP contribution in [-0.2, 0) is 6.42 Å². The number of nitrogens with two attached hydrogens (primary N) is 1. The van der Waals surface area contributed by atoms with Gasteiger partial charge in [-0.05, 0) is 35.7 Å². The van der Waals surface area contributed by atoms with Gasteiger partial charge in [0.2, 0.25) is 0 Å². The molecule has 1 nitrogen and oxygen atoms in total. The Morgan fingerprint density at radius 2 is 1.88 bits per heavy atom. The van der Waals surface area contributed by atoms with Crippen molar-refractivity contribution < 1.29 is 0 Å². The van der Waals surface area contributed by atoms with E-state index in [1.807, 2.05) is 48.5 Å². The number of hydrogen-bond acceptors (Lipinski definition) is 1. The van der Waals surface area contributed by atoms with E-state index < -0.39 is 0 Å². The number of benzene rings is 2. The van der Waals surface area contributed by atoms with E-state index in [-0.39, 0.29) is 6.04 Å². The molecule has 0 bridgehead atoms. The molecule has 2 aromatic rings. The van der Waals surface area contributed by atoms with Gasteiger partial charge in [-0.25, -0.2) is 0 Å². The lowest BCUT2D eigenvalue weighted by Gasteiger charge is -2.13. The van der Waals surface area contributed by atoms with Crippen LogP contribution in [0.25, 0.3) is 0 Å². The third kappa shape index (κ3) is 3.32. The van der Waals surface area contributed by atoms with Crippen LogP contribution in [0, 0.1) is 0 Å². The summed E-state index contributed by atoms with van der Waals surface area (Å²) >= 11 is 9.57. The highest BCUT2D eigenvalue weighted by Gasteiger charge is 2.09. The minimum absolute atomic E-state index is 0.0348. The fourth-order valence-electron chi connectivity index (χ4n) is 1.76. The predicted octanol–water partition coefficient (Wildman–Crippen LogP) is 4.35. The molecule has 1 atom stereocenters. The van der Waals surface area contributed by atoms with E-state index in [0.717, 1.165) is 27.0 Å². The molecule has 0 radical (unpaired) electrons. The second kappa shape index (κ2) is 5.67. The van der Waals surface area contributed by atoms with Gasteiger partial charge in [-0.15, -0.1) is 0 Å². The summed E-state index contributed by atoms with van der Waals surface area (Å²) in [5, 5.41) is 0.776. The lowest BCUT2D eigenvalue weighted by atomic mass is 10.00. The molecule has 2 N–H and O–H groups in total. The molecule has 0 aliphatic rings. The highest BCUT2D eigenvalue weighted by Crippen LogP contribution is 2.23. The first-order chi connectivity index (χ1) is 8.16. The molecule has 0 aliphatic heterocycles. The van der Waals surface area contributed by atoms with Gasteiger partial charge in [0.1, 0.15) is 0 Å². The lowest BCUT2D eigenvalue weighted by molar-refractivity contribution is 0.721. The van der Waals surface area contributed by atoms with Crippen LogP contribution in [0.3, 0.4) is 0 Å². The average molecular weight is 311 g/mol. The Kier molecular flexibility index (Phi) is 4.21. The van der Waals surface area contributed by atoms with E-state index in [0.29, 0.717) is 0 Å². The van der Waals surface area contributed by atoms with Gasteiger partial charge >= 0.3 is 0 Å². The molecule has 2 rings (SSSR count). The van der Waals surface area contributed by atoms with Crippen LogP contribution in [0.4, 0.5) is 0 Å². The zero-order valence-electron chi connectivity index (χ0n) is 9.24. The van der Waals surface area contributed by atoms with Crippen LogP contribution in [0.15, 0.2) is 53.0 Å². The van der Waals surface area contributed by atoms with Crippen molar-refractivity contribution >= 4 is 27.5 Å². The first kappa shape index (κ1) is 12.6. The summed E-state index contributed by atoms with van der Waals surface area (Å²) in [5.74, 6) is 0. The monoisotopic (exact) mass is 309 g/mol. The Morgan fingerprint density at radius 3 is 2.59 bits per heavy atom. The van der Waals surface area contributed by atoms with Gasteiger partial charge in [0, 0.05) is 15.5 Å². The lowest BCUT2D eigenvalue weighted by Crippen LogP contribution is -2.13. The van der Waals surface area contributed by atoms with E-state index in [1.54, 1.807) is 0 Å². The van der Waals surface area contributed by atoms with Crippen LogP contribution in [-0.4, -0.2) is 0 Å². The zero-order valence-corrected chi connectivity index (χ0v) is 11.6. The van der Waals surface area contributed by atoms with Crippen molar-refractivity contribution in [3.63, 3.8) is 0 Å². The summed E-state index contributed by atoms with van der Waals surface area (Å²) in [5.41, 5.74) is 8.38. The molecule has 0 saturated heterocycles. The maximum atomic E-state index is 6.19. The fourth-order valence-corrected chi connectivity index (χ4v) is 2.39. The van der Waals surface area contributed by atoms with E-state index >= 15 is 0 Å². The van der Waals surface area contributed by atoms with Crippen LogP contribution in [0.2, 0.25) is 5.02 Å². The van der Waals surface area contributed by atoms with Gasteiger partial charge in [-0.3, -0.25) is 0 Å². The smallest absolute Gasteiger partial charge is 0.0438 e. The van der Waals surface area contributed by atoms with Crippen LogP contribution < -0.4 is 5.73 Å². The Bertz CT molecular complexity index is 513. The maximum Gasteiger partial charge on any atom is 0.0438 e. The summed E-state index contributed by atoms with van der Waals surface area (Å²) in [6.07, 6.45) is 0.746. The topological polar surface area (TPSA) is 26.0 Å². The third-order valence-electron chi connectivity index (χ3n) is 2.67. The molecule has 0 amide bonds. The van der Waals surface area contributed by atoms with Gasteiger partial charge in [0.05, 0.1) is 0 Å². The second-order valence-corrected chi connectivity index (χ2v) is 5.28. The third-order valence-corrected chi connectivity index (χ3v) is 3.54. The zero-order chi connectivity index (χ0) is 12.3. The van der Waals surface area contributed by atoms with Gasteiger partial charge in [-0.2, -0.15) is 0 Å². The summed E-state index contributed by atoms with van der Waals surface area (Å²) < 4.78 is 1.05. The van der Waals surface area contributed by atoms with Crippen molar-refractivity contribution in [2.75, 3.05) is 0 Å². The minimum atomic E-state index is -0.0348. The first-order valence-electron chi connectivity index (χ1n) is 5.41. The maximum absolute atomic E-state index is 6.19. The standard InChI is InChI=1S/C14H13BrClN/c15-12-6-3-5-11(8-12)14(17)9-10-4-1-2-7-13(10)16/h1-8,14H,9,17H2. The summed E-state index contributed by atoms with van der Waals surface area (Å²) in [4.78, 5) is 0. The molecule has 0 heterocycles.